The van der Waals surface area contributed by atoms with Gasteiger partial charge in [-0.05, 0) is 17.5 Å². The molecule has 0 aliphatic carbocycles. The Labute approximate surface area is 97.7 Å². The first-order valence-corrected chi connectivity index (χ1v) is 5.26. The molecule has 1 aliphatic rings. The van der Waals surface area contributed by atoms with Crippen LogP contribution in [0.5, 0.6) is 11.5 Å². The van der Waals surface area contributed by atoms with Crippen molar-refractivity contribution in [3.63, 3.8) is 0 Å². The number of aliphatic carboxylic acids is 1. The summed E-state index contributed by atoms with van der Waals surface area (Å²) < 4.78 is 10.4. The van der Waals surface area contributed by atoms with Crippen molar-refractivity contribution in [1.29, 1.82) is 0 Å². The van der Waals surface area contributed by atoms with Gasteiger partial charge in [-0.25, -0.2) is 0 Å². The molecular formula is C11H11ClO4. The summed E-state index contributed by atoms with van der Waals surface area (Å²) >= 11 is 6.06. The molecule has 1 aliphatic heterocycles. The number of carboxylic acids is 1. The lowest BCUT2D eigenvalue weighted by Gasteiger charge is -2.12. The van der Waals surface area contributed by atoms with Crippen LogP contribution in [0.4, 0.5) is 0 Å². The molecule has 1 heterocycles. The second-order valence-electron chi connectivity index (χ2n) is 3.73. The number of fused-ring (bicyclic) bond motifs is 1. The molecule has 0 saturated carbocycles. The monoisotopic (exact) mass is 242 g/mol. The summed E-state index contributed by atoms with van der Waals surface area (Å²) in [6.07, 6.45) is 0.0410. The Hall–Kier alpha value is -1.42. The molecule has 0 fully saturated rings. The van der Waals surface area contributed by atoms with Gasteiger partial charge < -0.3 is 14.6 Å². The van der Waals surface area contributed by atoms with Crippen molar-refractivity contribution in [2.24, 2.45) is 0 Å². The zero-order valence-electron chi connectivity index (χ0n) is 8.70. The zero-order valence-corrected chi connectivity index (χ0v) is 9.45. The number of carboxylic acid groups (broad SMARTS) is 1. The van der Waals surface area contributed by atoms with E-state index < -0.39 is 5.97 Å². The number of hydrogen-bond donors (Lipinski definition) is 1. The van der Waals surface area contributed by atoms with Crippen molar-refractivity contribution in [1.82, 2.24) is 0 Å². The predicted molar refractivity (Wildman–Crippen MR) is 58.2 cm³/mol. The van der Waals surface area contributed by atoms with Crippen LogP contribution in [0.3, 0.4) is 0 Å². The van der Waals surface area contributed by atoms with Crippen LogP contribution in [0.1, 0.15) is 24.8 Å². The Morgan fingerprint density at radius 3 is 2.75 bits per heavy atom. The minimum atomic E-state index is -0.846. The first-order valence-electron chi connectivity index (χ1n) is 4.88. The summed E-state index contributed by atoms with van der Waals surface area (Å²) in [5.74, 6) is 0.230. The van der Waals surface area contributed by atoms with E-state index in [9.17, 15) is 4.79 Å². The van der Waals surface area contributed by atoms with Gasteiger partial charge in [0.25, 0.3) is 0 Å². The summed E-state index contributed by atoms with van der Waals surface area (Å²) in [5.41, 5.74) is 0.772. The largest absolute Gasteiger partial charge is 0.481 e. The lowest BCUT2D eigenvalue weighted by Crippen LogP contribution is -2.03. The summed E-state index contributed by atoms with van der Waals surface area (Å²) in [6.45, 7) is 2.00. The summed E-state index contributed by atoms with van der Waals surface area (Å²) in [6, 6.07) is 3.41. The molecule has 4 nitrogen and oxygen atoms in total. The molecule has 0 bridgehead atoms. The van der Waals surface area contributed by atoms with Crippen LogP contribution < -0.4 is 9.47 Å². The number of rotatable bonds is 3. The van der Waals surface area contributed by atoms with Crippen LogP contribution in [0, 0.1) is 0 Å². The summed E-state index contributed by atoms with van der Waals surface area (Å²) in [7, 11) is 0. The SMILES string of the molecule is CC(CC(=O)O)c1cc2c(cc1Cl)OCO2. The molecule has 0 aromatic heterocycles. The highest BCUT2D eigenvalue weighted by Crippen LogP contribution is 2.39. The number of ether oxygens (including phenoxy) is 2. The van der Waals surface area contributed by atoms with Gasteiger partial charge in [0.15, 0.2) is 11.5 Å². The van der Waals surface area contributed by atoms with E-state index in [1.165, 1.54) is 0 Å². The molecule has 0 radical (unpaired) electrons. The maximum absolute atomic E-state index is 10.6. The molecule has 0 saturated heterocycles. The Balaban J connectivity index is 2.30. The Bertz CT molecular complexity index is 430. The van der Waals surface area contributed by atoms with Gasteiger partial charge in [-0.15, -0.1) is 0 Å². The average molecular weight is 243 g/mol. The van der Waals surface area contributed by atoms with Gasteiger partial charge in [-0.1, -0.05) is 18.5 Å². The number of benzene rings is 1. The smallest absolute Gasteiger partial charge is 0.303 e. The van der Waals surface area contributed by atoms with E-state index in [-0.39, 0.29) is 19.1 Å². The third kappa shape index (κ3) is 2.07. The van der Waals surface area contributed by atoms with Crippen molar-refractivity contribution in [3.05, 3.63) is 22.7 Å². The second kappa shape index (κ2) is 4.22. The molecule has 16 heavy (non-hydrogen) atoms. The van der Waals surface area contributed by atoms with Crippen molar-refractivity contribution in [3.8, 4) is 11.5 Å². The number of carbonyl (C=O) groups is 1. The fraction of sp³-hybridized carbons (Fsp3) is 0.364. The maximum atomic E-state index is 10.6. The van der Waals surface area contributed by atoms with Crippen LogP contribution in [0.25, 0.3) is 0 Å². The van der Waals surface area contributed by atoms with Crippen LogP contribution >= 0.6 is 11.6 Å². The molecule has 1 unspecified atom stereocenters. The van der Waals surface area contributed by atoms with E-state index in [0.29, 0.717) is 16.5 Å². The molecule has 86 valence electrons. The Morgan fingerprint density at radius 2 is 2.12 bits per heavy atom. The fourth-order valence-electron chi connectivity index (χ4n) is 1.68. The van der Waals surface area contributed by atoms with Crippen LogP contribution in [0.2, 0.25) is 5.02 Å². The van der Waals surface area contributed by atoms with Gasteiger partial charge in [0.1, 0.15) is 0 Å². The first-order chi connectivity index (χ1) is 7.58. The van der Waals surface area contributed by atoms with E-state index in [1.54, 1.807) is 12.1 Å². The first kappa shape index (κ1) is 11.1. The minimum absolute atomic E-state index is 0.0410. The highest BCUT2D eigenvalue weighted by Gasteiger charge is 2.20. The molecule has 0 amide bonds. The van der Waals surface area contributed by atoms with E-state index in [0.717, 1.165) is 5.56 Å². The van der Waals surface area contributed by atoms with E-state index in [2.05, 4.69) is 0 Å². The second-order valence-corrected chi connectivity index (χ2v) is 4.13. The van der Waals surface area contributed by atoms with Crippen molar-refractivity contribution in [2.45, 2.75) is 19.3 Å². The molecule has 2 rings (SSSR count). The van der Waals surface area contributed by atoms with Crippen LogP contribution in [0.15, 0.2) is 12.1 Å². The molecule has 1 aromatic rings. The van der Waals surface area contributed by atoms with E-state index in [4.69, 9.17) is 26.2 Å². The fourth-order valence-corrected chi connectivity index (χ4v) is 2.02. The molecule has 0 spiro atoms. The predicted octanol–water partition coefficient (Wildman–Crippen LogP) is 2.65. The van der Waals surface area contributed by atoms with Gasteiger partial charge in [-0.3, -0.25) is 4.79 Å². The third-order valence-corrected chi connectivity index (χ3v) is 2.83. The number of halogens is 1. The van der Waals surface area contributed by atoms with Gasteiger partial charge in [0, 0.05) is 11.1 Å². The van der Waals surface area contributed by atoms with Crippen molar-refractivity contribution < 1.29 is 19.4 Å². The van der Waals surface area contributed by atoms with Gasteiger partial charge in [-0.2, -0.15) is 0 Å². The van der Waals surface area contributed by atoms with E-state index in [1.807, 2.05) is 6.92 Å². The standard InChI is InChI=1S/C11H11ClO4/c1-6(2-11(13)14)7-3-9-10(4-8(7)12)16-5-15-9/h3-4,6H,2,5H2,1H3,(H,13,14). The van der Waals surface area contributed by atoms with Crippen LogP contribution in [-0.2, 0) is 4.79 Å². The molecule has 5 heteroatoms. The maximum Gasteiger partial charge on any atom is 0.303 e. The Kier molecular flexibility index (Phi) is 2.92. The van der Waals surface area contributed by atoms with Gasteiger partial charge >= 0.3 is 5.97 Å². The molecular weight excluding hydrogens is 232 g/mol. The van der Waals surface area contributed by atoms with E-state index >= 15 is 0 Å². The molecule has 1 aromatic carbocycles. The zero-order chi connectivity index (χ0) is 11.7. The molecule has 1 N–H and O–H groups in total. The highest BCUT2D eigenvalue weighted by atomic mass is 35.5. The summed E-state index contributed by atoms with van der Waals surface area (Å²) in [4.78, 5) is 10.6. The van der Waals surface area contributed by atoms with Gasteiger partial charge in [0.2, 0.25) is 6.79 Å². The van der Waals surface area contributed by atoms with Crippen LogP contribution in [-0.4, -0.2) is 17.9 Å². The lowest BCUT2D eigenvalue weighted by atomic mass is 9.97. The topological polar surface area (TPSA) is 55.8 Å². The van der Waals surface area contributed by atoms with Gasteiger partial charge in [0.05, 0.1) is 6.42 Å². The van der Waals surface area contributed by atoms with Crippen molar-refractivity contribution >= 4 is 17.6 Å². The quantitative estimate of drug-likeness (QED) is 0.885. The van der Waals surface area contributed by atoms with Crippen molar-refractivity contribution in [2.75, 3.05) is 6.79 Å². The Morgan fingerprint density at radius 1 is 1.50 bits per heavy atom. The summed E-state index contributed by atoms with van der Waals surface area (Å²) in [5, 5.41) is 9.24. The lowest BCUT2D eigenvalue weighted by molar-refractivity contribution is -0.137. The molecule has 1 atom stereocenters. The number of hydrogen-bond acceptors (Lipinski definition) is 3. The average Bonchev–Trinajstić information content (AvgIpc) is 2.61. The minimum Gasteiger partial charge on any atom is -0.481 e. The highest BCUT2D eigenvalue weighted by molar-refractivity contribution is 6.31. The normalized spacial score (nSPS) is 14.9. The third-order valence-electron chi connectivity index (χ3n) is 2.50.